The average molecular weight is 519 g/mol. The number of hydrogen-bond acceptors (Lipinski definition) is 5. The lowest BCUT2D eigenvalue weighted by Gasteiger charge is -2.36. The van der Waals surface area contributed by atoms with Crippen LogP contribution in [0.1, 0.15) is 45.4 Å². The normalized spacial score (nSPS) is 14.0. The van der Waals surface area contributed by atoms with E-state index in [-0.39, 0.29) is 5.91 Å². The Balaban J connectivity index is 1.59. The standard InChI is InChI=1S/C31H42N4O3/c1-7-33-16-18-34(19-17-33)29-23(3)30(35(24(29)4)21-26-11-9-8-10-22(26)2)31(36)32-15-14-25-12-13-27(37-5)28(20-25)38-6/h8-13,20H,7,14-19,21H2,1-6H3,(H,32,36). The second kappa shape index (κ2) is 12.4. The quantitative estimate of drug-likeness (QED) is 0.425. The lowest BCUT2D eigenvalue weighted by Crippen LogP contribution is -2.46. The topological polar surface area (TPSA) is 59.0 Å². The number of amides is 1. The highest BCUT2D eigenvalue weighted by Crippen LogP contribution is 2.33. The molecule has 1 aliphatic rings. The molecule has 0 aliphatic carbocycles. The smallest absolute Gasteiger partial charge is 0.268 e. The van der Waals surface area contributed by atoms with Crippen molar-refractivity contribution >= 4 is 11.6 Å². The van der Waals surface area contributed by atoms with Crippen molar-refractivity contribution in [3.63, 3.8) is 0 Å². The highest BCUT2D eigenvalue weighted by molar-refractivity contribution is 5.96. The molecule has 0 radical (unpaired) electrons. The summed E-state index contributed by atoms with van der Waals surface area (Å²) in [5.74, 6) is 1.37. The maximum absolute atomic E-state index is 13.7. The van der Waals surface area contributed by atoms with Gasteiger partial charge in [-0.25, -0.2) is 0 Å². The maximum atomic E-state index is 13.7. The molecule has 2 heterocycles. The van der Waals surface area contributed by atoms with Crippen molar-refractivity contribution < 1.29 is 14.3 Å². The van der Waals surface area contributed by atoms with E-state index in [1.54, 1.807) is 14.2 Å². The van der Waals surface area contributed by atoms with Gasteiger partial charge in [-0.3, -0.25) is 4.79 Å². The van der Waals surface area contributed by atoms with Crippen LogP contribution in [0, 0.1) is 20.8 Å². The zero-order chi connectivity index (χ0) is 27.2. The van der Waals surface area contributed by atoms with E-state index in [9.17, 15) is 4.79 Å². The molecule has 38 heavy (non-hydrogen) atoms. The van der Waals surface area contributed by atoms with Crippen LogP contribution in [-0.4, -0.2) is 68.9 Å². The number of piperazine rings is 1. The molecule has 204 valence electrons. The number of nitrogens with zero attached hydrogens (tertiary/aromatic N) is 3. The number of anilines is 1. The summed E-state index contributed by atoms with van der Waals surface area (Å²) >= 11 is 0. The summed E-state index contributed by atoms with van der Waals surface area (Å²) in [6.45, 7) is 14.9. The Kier molecular flexibility index (Phi) is 9.00. The number of likely N-dealkylation sites (N-methyl/N-ethyl adjacent to an activating group) is 1. The first-order valence-electron chi connectivity index (χ1n) is 13.6. The van der Waals surface area contributed by atoms with Crippen LogP contribution in [0.3, 0.4) is 0 Å². The fourth-order valence-corrected chi connectivity index (χ4v) is 5.52. The Hall–Kier alpha value is -3.45. The van der Waals surface area contributed by atoms with Crippen molar-refractivity contribution in [2.45, 2.75) is 40.7 Å². The van der Waals surface area contributed by atoms with Crippen molar-refractivity contribution in [3.05, 3.63) is 76.1 Å². The number of carbonyl (C=O) groups is 1. The van der Waals surface area contributed by atoms with Gasteiger partial charge in [0.25, 0.3) is 5.91 Å². The zero-order valence-electron chi connectivity index (χ0n) is 23.8. The van der Waals surface area contributed by atoms with Crippen LogP contribution in [0.4, 0.5) is 5.69 Å². The summed E-state index contributed by atoms with van der Waals surface area (Å²) < 4.78 is 13.0. The van der Waals surface area contributed by atoms with Crippen LogP contribution in [-0.2, 0) is 13.0 Å². The van der Waals surface area contributed by atoms with E-state index in [0.717, 1.165) is 55.2 Å². The number of aryl methyl sites for hydroxylation is 1. The third-order valence-corrected chi connectivity index (χ3v) is 7.82. The molecule has 0 bridgehead atoms. The Morgan fingerprint density at radius 1 is 0.947 bits per heavy atom. The van der Waals surface area contributed by atoms with E-state index in [4.69, 9.17) is 9.47 Å². The van der Waals surface area contributed by atoms with Crippen LogP contribution < -0.4 is 19.7 Å². The molecule has 4 rings (SSSR count). The molecule has 0 saturated carbocycles. The van der Waals surface area contributed by atoms with Gasteiger partial charge in [0.2, 0.25) is 0 Å². The first-order valence-corrected chi connectivity index (χ1v) is 13.6. The van der Waals surface area contributed by atoms with Crippen LogP contribution in [0.2, 0.25) is 0 Å². The summed E-state index contributed by atoms with van der Waals surface area (Å²) in [6.07, 6.45) is 0.703. The minimum absolute atomic E-state index is 0.0295. The molecule has 1 saturated heterocycles. The number of rotatable bonds is 10. The molecule has 0 atom stereocenters. The van der Waals surface area contributed by atoms with Gasteiger partial charge in [-0.05, 0) is 62.6 Å². The highest BCUT2D eigenvalue weighted by Gasteiger charge is 2.28. The van der Waals surface area contributed by atoms with E-state index in [0.29, 0.717) is 31.0 Å². The molecule has 1 N–H and O–H groups in total. The summed E-state index contributed by atoms with van der Waals surface area (Å²) in [6, 6.07) is 14.3. The molecule has 1 aliphatic heterocycles. The second-order valence-corrected chi connectivity index (χ2v) is 10.0. The monoisotopic (exact) mass is 518 g/mol. The van der Waals surface area contributed by atoms with Gasteiger partial charge in [0, 0.05) is 50.5 Å². The summed E-state index contributed by atoms with van der Waals surface area (Å²) in [5, 5.41) is 3.20. The molecule has 1 fully saturated rings. The van der Waals surface area contributed by atoms with Gasteiger partial charge in [0.1, 0.15) is 5.69 Å². The molecular formula is C31H42N4O3. The summed E-state index contributed by atoms with van der Waals surface area (Å²) in [5.41, 5.74) is 7.72. The average Bonchev–Trinajstić information content (AvgIpc) is 3.18. The lowest BCUT2D eigenvalue weighted by molar-refractivity contribution is 0.0944. The highest BCUT2D eigenvalue weighted by atomic mass is 16.5. The Morgan fingerprint density at radius 3 is 2.32 bits per heavy atom. The fraction of sp³-hybridized carbons (Fsp3) is 0.452. The summed E-state index contributed by atoms with van der Waals surface area (Å²) in [7, 11) is 3.27. The van der Waals surface area contributed by atoms with Crippen LogP contribution in [0.5, 0.6) is 11.5 Å². The van der Waals surface area contributed by atoms with E-state index in [1.807, 2.05) is 18.2 Å². The van der Waals surface area contributed by atoms with Crippen molar-refractivity contribution in [2.24, 2.45) is 0 Å². The predicted octanol–water partition coefficient (Wildman–Crippen LogP) is 4.59. The third kappa shape index (κ3) is 5.83. The van der Waals surface area contributed by atoms with Gasteiger partial charge in [0.05, 0.1) is 19.9 Å². The number of benzene rings is 2. The minimum Gasteiger partial charge on any atom is -0.493 e. The Bertz CT molecular complexity index is 1260. The number of ether oxygens (including phenoxy) is 2. The van der Waals surface area contributed by atoms with Gasteiger partial charge in [-0.15, -0.1) is 0 Å². The number of carbonyl (C=O) groups excluding carboxylic acids is 1. The molecule has 1 amide bonds. The van der Waals surface area contributed by atoms with Crippen molar-refractivity contribution in [3.8, 4) is 11.5 Å². The molecule has 7 nitrogen and oxygen atoms in total. The summed E-state index contributed by atoms with van der Waals surface area (Å²) in [4.78, 5) is 18.7. The molecule has 2 aromatic carbocycles. The fourth-order valence-electron chi connectivity index (χ4n) is 5.52. The van der Waals surface area contributed by atoms with Gasteiger partial charge in [-0.2, -0.15) is 0 Å². The van der Waals surface area contributed by atoms with Crippen LogP contribution >= 0.6 is 0 Å². The van der Waals surface area contributed by atoms with Crippen molar-refractivity contribution in [1.29, 1.82) is 0 Å². The van der Waals surface area contributed by atoms with Crippen LogP contribution in [0.25, 0.3) is 0 Å². The Labute approximate surface area is 227 Å². The number of nitrogens with one attached hydrogen (secondary N) is 1. The first-order chi connectivity index (χ1) is 18.4. The number of aromatic nitrogens is 1. The molecule has 3 aromatic rings. The third-order valence-electron chi connectivity index (χ3n) is 7.82. The molecular weight excluding hydrogens is 476 g/mol. The van der Waals surface area contributed by atoms with Crippen molar-refractivity contribution in [2.75, 3.05) is 58.4 Å². The number of methoxy groups -OCH3 is 2. The minimum atomic E-state index is -0.0295. The van der Waals surface area contributed by atoms with E-state index in [1.165, 1.54) is 16.8 Å². The van der Waals surface area contributed by atoms with Gasteiger partial charge < -0.3 is 29.2 Å². The van der Waals surface area contributed by atoms with Gasteiger partial charge >= 0.3 is 0 Å². The molecule has 0 spiro atoms. The van der Waals surface area contributed by atoms with Crippen LogP contribution in [0.15, 0.2) is 42.5 Å². The second-order valence-electron chi connectivity index (χ2n) is 10.0. The Morgan fingerprint density at radius 2 is 1.66 bits per heavy atom. The van der Waals surface area contributed by atoms with Crippen molar-refractivity contribution in [1.82, 2.24) is 14.8 Å². The number of hydrogen-bond donors (Lipinski definition) is 1. The molecule has 7 heteroatoms. The van der Waals surface area contributed by atoms with E-state index in [2.05, 4.69) is 71.6 Å². The molecule has 1 aromatic heterocycles. The zero-order valence-corrected chi connectivity index (χ0v) is 23.8. The molecule has 0 unspecified atom stereocenters. The maximum Gasteiger partial charge on any atom is 0.268 e. The first kappa shape index (κ1) is 27.6. The SMILES string of the molecule is CCN1CCN(c2c(C)c(C(=O)NCCc3ccc(OC)c(OC)c3)n(Cc3ccccc3C)c2C)CC1. The lowest BCUT2D eigenvalue weighted by atomic mass is 10.1. The van der Waals surface area contributed by atoms with Gasteiger partial charge in [-0.1, -0.05) is 37.3 Å². The largest absolute Gasteiger partial charge is 0.493 e. The van der Waals surface area contributed by atoms with Gasteiger partial charge in [0.15, 0.2) is 11.5 Å². The van der Waals surface area contributed by atoms with E-state index >= 15 is 0 Å². The van der Waals surface area contributed by atoms with E-state index < -0.39 is 0 Å². The predicted molar refractivity (Wildman–Crippen MR) is 154 cm³/mol.